The molecule has 2 rings (SSSR count). The Balaban J connectivity index is 2.29. The summed E-state index contributed by atoms with van der Waals surface area (Å²) in [4.78, 5) is 25.0. The molecule has 114 valence electrons. The van der Waals surface area contributed by atoms with Crippen LogP contribution in [-0.2, 0) is 9.59 Å². The fraction of sp³-hybridized carbons (Fsp3) is 0.467. The Bertz CT molecular complexity index is 532. The maximum Gasteiger partial charge on any atom is 0.246 e. The Hall–Kier alpha value is -1.40. The highest BCUT2D eigenvalue weighted by molar-refractivity contribution is 9.10. The Morgan fingerprint density at radius 3 is 2.62 bits per heavy atom. The summed E-state index contributed by atoms with van der Waals surface area (Å²) in [6, 6.07) is 6.08. The number of benzene rings is 1. The highest BCUT2D eigenvalue weighted by Crippen LogP contribution is 2.30. The average molecular weight is 354 g/mol. The molecule has 1 atom stereocenters. The highest BCUT2D eigenvalue weighted by atomic mass is 79.9. The van der Waals surface area contributed by atoms with Crippen LogP contribution in [0.3, 0.4) is 0 Å². The molecule has 0 saturated carbocycles. The van der Waals surface area contributed by atoms with Crippen molar-refractivity contribution in [3.8, 4) is 0 Å². The van der Waals surface area contributed by atoms with Gasteiger partial charge in [0.05, 0.1) is 13.1 Å². The molecule has 6 heteroatoms. The lowest BCUT2D eigenvalue weighted by atomic mass is 10.0. The van der Waals surface area contributed by atoms with Crippen LogP contribution >= 0.6 is 15.9 Å². The van der Waals surface area contributed by atoms with Crippen LogP contribution in [-0.4, -0.2) is 31.4 Å². The second-order valence-corrected chi connectivity index (χ2v) is 6.12. The molecule has 21 heavy (non-hydrogen) atoms. The molecule has 0 aromatic heterocycles. The molecule has 1 aliphatic heterocycles. The number of piperazine rings is 1. The number of rotatable bonds is 5. The third-order valence-corrected chi connectivity index (χ3v) is 3.94. The van der Waals surface area contributed by atoms with Crippen LogP contribution in [0.4, 0.5) is 5.69 Å². The summed E-state index contributed by atoms with van der Waals surface area (Å²) < 4.78 is 0.985. The maximum atomic E-state index is 11.6. The first-order chi connectivity index (χ1) is 10.0. The lowest BCUT2D eigenvalue weighted by Gasteiger charge is -2.31. The van der Waals surface area contributed by atoms with Gasteiger partial charge in [-0.15, -0.1) is 0 Å². The van der Waals surface area contributed by atoms with E-state index in [1.807, 2.05) is 23.1 Å². The van der Waals surface area contributed by atoms with E-state index >= 15 is 0 Å². The normalized spacial score (nSPS) is 16.8. The number of nitrogens with zero attached hydrogens (tertiary/aromatic N) is 1. The van der Waals surface area contributed by atoms with Crippen LogP contribution in [0.15, 0.2) is 22.7 Å². The number of amides is 2. The van der Waals surface area contributed by atoms with Gasteiger partial charge < -0.3 is 10.2 Å². The van der Waals surface area contributed by atoms with Crippen molar-refractivity contribution in [3.05, 3.63) is 28.2 Å². The monoisotopic (exact) mass is 353 g/mol. The third-order valence-electron chi connectivity index (χ3n) is 3.45. The first-order valence-electron chi connectivity index (χ1n) is 7.11. The number of carbonyl (C=O) groups excluding carboxylic acids is 2. The molecule has 1 saturated heterocycles. The molecule has 2 amide bonds. The van der Waals surface area contributed by atoms with Gasteiger partial charge in [-0.3, -0.25) is 14.9 Å². The fourth-order valence-electron chi connectivity index (χ4n) is 2.44. The number of hydrogen-bond donors (Lipinski definition) is 2. The summed E-state index contributed by atoms with van der Waals surface area (Å²) in [6.45, 7) is 5.55. The Morgan fingerprint density at radius 1 is 1.33 bits per heavy atom. The lowest BCUT2D eigenvalue weighted by molar-refractivity contribution is -0.130. The Kier molecular flexibility index (Phi) is 5.36. The van der Waals surface area contributed by atoms with Gasteiger partial charge in [0.1, 0.15) is 0 Å². The standard InChI is InChI=1S/C15H20BrN3O2/c1-3-6-17-10(2)12-7-11(16)4-5-13(12)19-8-14(20)18-15(21)9-19/h4-5,7,10,17H,3,6,8-9H2,1-2H3,(H,18,20,21). The van der Waals surface area contributed by atoms with Gasteiger partial charge in [-0.2, -0.15) is 0 Å². The van der Waals surface area contributed by atoms with Crippen LogP contribution in [0.1, 0.15) is 31.9 Å². The van der Waals surface area contributed by atoms with Gasteiger partial charge in [0.2, 0.25) is 11.8 Å². The van der Waals surface area contributed by atoms with Gasteiger partial charge >= 0.3 is 0 Å². The van der Waals surface area contributed by atoms with Crippen molar-refractivity contribution in [2.24, 2.45) is 0 Å². The molecular weight excluding hydrogens is 334 g/mol. The van der Waals surface area contributed by atoms with E-state index in [4.69, 9.17) is 0 Å². The van der Waals surface area contributed by atoms with Crippen molar-refractivity contribution >= 4 is 33.4 Å². The second-order valence-electron chi connectivity index (χ2n) is 5.21. The van der Waals surface area contributed by atoms with Gasteiger partial charge in [0, 0.05) is 16.2 Å². The summed E-state index contributed by atoms with van der Waals surface area (Å²) in [7, 11) is 0. The summed E-state index contributed by atoms with van der Waals surface area (Å²) in [6.07, 6.45) is 1.05. The molecule has 1 aromatic rings. The van der Waals surface area contributed by atoms with E-state index in [0.717, 1.165) is 28.7 Å². The number of halogens is 1. The summed E-state index contributed by atoms with van der Waals surface area (Å²) in [5.74, 6) is -0.511. The molecule has 1 aromatic carbocycles. The molecule has 5 nitrogen and oxygen atoms in total. The Labute approximate surface area is 133 Å². The number of imide groups is 1. The van der Waals surface area contributed by atoms with Crippen LogP contribution < -0.4 is 15.5 Å². The summed E-state index contributed by atoms with van der Waals surface area (Å²) in [5.41, 5.74) is 2.01. The van der Waals surface area contributed by atoms with Crippen molar-refractivity contribution in [2.75, 3.05) is 24.5 Å². The predicted molar refractivity (Wildman–Crippen MR) is 86.2 cm³/mol. The van der Waals surface area contributed by atoms with Crippen molar-refractivity contribution < 1.29 is 9.59 Å². The van der Waals surface area contributed by atoms with Crippen LogP contribution in [0.5, 0.6) is 0 Å². The van der Waals surface area contributed by atoms with Crippen LogP contribution in [0, 0.1) is 0 Å². The van der Waals surface area contributed by atoms with Crippen molar-refractivity contribution in [3.63, 3.8) is 0 Å². The van der Waals surface area contributed by atoms with Gasteiger partial charge in [0.25, 0.3) is 0 Å². The maximum absolute atomic E-state index is 11.6. The van der Waals surface area contributed by atoms with E-state index in [-0.39, 0.29) is 30.9 Å². The Morgan fingerprint density at radius 2 is 2.00 bits per heavy atom. The summed E-state index contributed by atoms with van der Waals surface area (Å²) in [5, 5.41) is 5.77. The minimum absolute atomic E-state index is 0.150. The van der Waals surface area contributed by atoms with Crippen molar-refractivity contribution in [1.29, 1.82) is 0 Å². The molecule has 0 bridgehead atoms. The highest BCUT2D eigenvalue weighted by Gasteiger charge is 2.25. The van der Waals surface area contributed by atoms with E-state index in [0.29, 0.717) is 0 Å². The molecule has 1 aliphatic rings. The second kappa shape index (κ2) is 7.04. The number of nitrogens with one attached hydrogen (secondary N) is 2. The first kappa shape index (κ1) is 16.0. The number of anilines is 1. The largest absolute Gasteiger partial charge is 0.353 e. The topological polar surface area (TPSA) is 61.4 Å². The first-order valence-corrected chi connectivity index (χ1v) is 7.91. The third kappa shape index (κ3) is 4.04. The lowest BCUT2D eigenvalue weighted by Crippen LogP contribution is -2.51. The average Bonchev–Trinajstić information content (AvgIpc) is 2.43. The van der Waals surface area contributed by atoms with Gasteiger partial charge in [-0.1, -0.05) is 22.9 Å². The molecule has 1 heterocycles. The zero-order valence-electron chi connectivity index (χ0n) is 12.3. The number of carbonyl (C=O) groups is 2. The van der Waals surface area contributed by atoms with Crippen LogP contribution in [0.25, 0.3) is 0 Å². The molecular formula is C15H20BrN3O2. The summed E-state index contributed by atoms with van der Waals surface area (Å²) >= 11 is 3.49. The van der Waals surface area contributed by atoms with Crippen LogP contribution in [0.2, 0.25) is 0 Å². The van der Waals surface area contributed by atoms with E-state index in [9.17, 15) is 9.59 Å². The van der Waals surface area contributed by atoms with E-state index in [1.54, 1.807) is 0 Å². The SMILES string of the molecule is CCCNC(C)c1cc(Br)ccc1N1CC(=O)NC(=O)C1. The molecule has 0 spiro atoms. The molecule has 1 unspecified atom stereocenters. The van der Waals surface area contributed by atoms with Gasteiger partial charge in [-0.05, 0) is 43.7 Å². The molecule has 0 radical (unpaired) electrons. The fourth-order valence-corrected chi connectivity index (χ4v) is 2.82. The van der Waals surface area contributed by atoms with Crippen molar-refractivity contribution in [1.82, 2.24) is 10.6 Å². The van der Waals surface area contributed by atoms with E-state index < -0.39 is 0 Å². The smallest absolute Gasteiger partial charge is 0.246 e. The quantitative estimate of drug-likeness (QED) is 0.794. The van der Waals surface area contributed by atoms with E-state index in [1.165, 1.54) is 0 Å². The molecule has 2 N–H and O–H groups in total. The predicted octanol–water partition coefficient (Wildman–Crippen LogP) is 1.97. The van der Waals surface area contributed by atoms with Gasteiger partial charge in [-0.25, -0.2) is 0 Å². The minimum atomic E-state index is -0.255. The van der Waals surface area contributed by atoms with E-state index in [2.05, 4.69) is 40.4 Å². The minimum Gasteiger partial charge on any atom is -0.353 e. The van der Waals surface area contributed by atoms with Crippen molar-refractivity contribution in [2.45, 2.75) is 26.3 Å². The molecule has 0 aliphatic carbocycles. The zero-order chi connectivity index (χ0) is 15.4. The zero-order valence-corrected chi connectivity index (χ0v) is 13.9. The van der Waals surface area contributed by atoms with Gasteiger partial charge in [0.15, 0.2) is 0 Å². The molecule has 1 fully saturated rings. The number of hydrogen-bond acceptors (Lipinski definition) is 4.